The summed E-state index contributed by atoms with van der Waals surface area (Å²) in [6.45, 7) is 6.67. The van der Waals surface area contributed by atoms with Crippen molar-refractivity contribution in [3.63, 3.8) is 0 Å². The van der Waals surface area contributed by atoms with Crippen LogP contribution in [0.15, 0.2) is 54.6 Å². The van der Waals surface area contributed by atoms with Crippen LogP contribution in [-0.4, -0.2) is 74.4 Å². The molecule has 0 aliphatic carbocycles. The van der Waals surface area contributed by atoms with E-state index in [2.05, 4.69) is 10.2 Å². The molecule has 3 aromatic rings. The van der Waals surface area contributed by atoms with Gasteiger partial charge in [-0.05, 0) is 66.9 Å². The lowest BCUT2D eigenvalue weighted by molar-refractivity contribution is 0.0746. The molecule has 2 aromatic carbocycles. The minimum Gasteiger partial charge on any atom is -0.494 e. The van der Waals surface area contributed by atoms with E-state index in [9.17, 15) is 18.0 Å². The largest absolute Gasteiger partial charge is 0.494 e. The molecule has 1 aliphatic rings. The number of anilines is 1. The van der Waals surface area contributed by atoms with Gasteiger partial charge < -0.3 is 14.5 Å². The molecular weight excluding hydrogens is 494 g/mol. The minimum atomic E-state index is -3.68. The zero-order chi connectivity index (χ0) is 26.6. The van der Waals surface area contributed by atoms with E-state index in [1.165, 1.54) is 6.07 Å². The Balaban J connectivity index is 1.38. The van der Waals surface area contributed by atoms with Crippen molar-refractivity contribution in [2.75, 3.05) is 43.9 Å². The molecule has 2 amide bonds. The van der Waals surface area contributed by atoms with Crippen LogP contribution in [0.4, 0.5) is 5.82 Å². The minimum absolute atomic E-state index is 0.0313. The van der Waals surface area contributed by atoms with Crippen molar-refractivity contribution in [1.29, 1.82) is 0 Å². The fraction of sp³-hybridized carbons (Fsp3) is 0.308. The average molecular weight is 524 g/mol. The van der Waals surface area contributed by atoms with Crippen molar-refractivity contribution in [2.24, 2.45) is 0 Å². The second-order valence-corrected chi connectivity index (χ2v) is 10.5. The highest BCUT2D eigenvalue weighted by molar-refractivity contribution is 7.89. The summed E-state index contributed by atoms with van der Waals surface area (Å²) in [5.41, 5.74) is 3.64. The van der Waals surface area contributed by atoms with Crippen LogP contribution in [0.25, 0.3) is 11.1 Å². The van der Waals surface area contributed by atoms with Gasteiger partial charge >= 0.3 is 0 Å². The number of piperazine rings is 1. The number of hydrogen-bond donors (Lipinski definition) is 1. The Morgan fingerprint density at radius 2 is 1.76 bits per heavy atom. The summed E-state index contributed by atoms with van der Waals surface area (Å²) in [7, 11) is -3.68. The lowest BCUT2D eigenvalue weighted by atomic mass is 9.98. The molecule has 0 bridgehead atoms. The van der Waals surface area contributed by atoms with E-state index in [4.69, 9.17) is 4.74 Å². The number of carbonyl (C=O) groups is 2. The van der Waals surface area contributed by atoms with Gasteiger partial charge in [-0.1, -0.05) is 18.2 Å². The number of carbonyl (C=O) groups excluding carboxylic acids is 2. The number of aromatic nitrogens is 2. The SMILES string of the molecule is CCOc1cccc(-c2ccc(C(=O)N3CCN(c4ccc(C(=O)NS(C)(=O)=O)nn4)CC3)cc2C)c1. The average Bonchev–Trinajstić information content (AvgIpc) is 2.88. The van der Waals surface area contributed by atoms with Gasteiger partial charge in [-0.3, -0.25) is 9.59 Å². The highest BCUT2D eigenvalue weighted by Gasteiger charge is 2.24. The summed E-state index contributed by atoms with van der Waals surface area (Å²) >= 11 is 0. The molecular formula is C26H29N5O5S. The van der Waals surface area contributed by atoms with Gasteiger partial charge in [0, 0.05) is 31.7 Å². The highest BCUT2D eigenvalue weighted by Crippen LogP contribution is 2.28. The van der Waals surface area contributed by atoms with Gasteiger partial charge in [0.05, 0.1) is 12.9 Å². The first-order valence-corrected chi connectivity index (χ1v) is 13.8. The van der Waals surface area contributed by atoms with E-state index in [0.717, 1.165) is 28.7 Å². The quantitative estimate of drug-likeness (QED) is 0.501. The molecule has 1 aliphatic heterocycles. The molecule has 0 saturated carbocycles. The van der Waals surface area contributed by atoms with Crippen LogP contribution in [-0.2, 0) is 10.0 Å². The van der Waals surface area contributed by atoms with Crippen LogP contribution in [0.5, 0.6) is 5.75 Å². The van der Waals surface area contributed by atoms with Crippen LogP contribution < -0.4 is 14.4 Å². The van der Waals surface area contributed by atoms with E-state index in [0.29, 0.717) is 44.2 Å². The van der Waals surface area contributed by atoms with Gasteiger partial charge in [0.2, 0.25) is 10.0 Å². The third-order valence-corrected chi connectivity index (χ3v) is 6.54. The molecule has 11 heteroatoms. The molecule has 0 spiro atoms. The second-order valence-electron chi connectivity index (χ2n) is 8.75. The number of amides is 2. The number of benzene rings is 2. The number of ether oxygens (including phenoxy) is 1. The molecule has 1 saturated heterocycles. The summed E-state index contributed by atoms with van der Waals surface area (Å²) in [5, 5.41) is 7.90. The van der Waals surface area contributed by atoms with E-state index in [1.807, 2.05) is 70.8 Å². The van der Waals surface area contributed by atoms with Gasteiger partial charge in [-0.15, -0.1) is 10.2 Å². The maximum atomic E-state index is 13.2. The molecule has 4 rings (SSSR count). The monoisotopic (exact) mass is 523 g/mol. The topological polar surface area (TPSA) is 122 Å². The van der Waals surface area contributed by atoms with Crippen molar-refractivity contribution < 1.29 is 22.7 Å². The van der Waals surface area contributed by atoms with Gasteiger partial charge in [-0.25, -0.2) is 13.1 Å². The molecule has 2 heterocycles. The Bertz CT molecular complexity index is 1400. The summed E-state index contributed by atoms with van der Waals surface area (Å²) in [6.07, 6.45) is 0.894. The molecule has 1 fully saturated rings. The highest BCUT2D eigenvalue weighted by atomic mass is 32.2. The van der Waals surface area contributed by atoms with Crippen LogP contribution in [0, 0.1) is 6.92 Å². The molecule has 1 aromatic heterocycles. The Hall–Kier alpha value is -3.99. The number of nitrogens with one attached hydrogen (secondary N) is 1. The van der Waals surface area contributed by atoms with Crippen molar-refractivity contribution >= 4 is 27.7 Å². The summed E-state index contributed by atoms with van der Waals surface area (Å²) < 4.78 is 29.9. The molecule has 37 heavy (non-hydrogen) atoms. The summed E-state index contributed by atoms with van der Waals surface area (Å²) in [6, 6.07) is 16.7. The third kappa shape index (κ3) is 6.42. The van der Waals surface area contributed by atoms with Crippen molar-refractivity contribution in [1.82, 2.24) is 19.8 Å². The van der Waals surface area contributed by atoms with Gasteiger partial charge in [0.15, 0.2) is 11.5 Å². The van der Waals surface area contributed by atoms with Crippen molar-refractivity contribution in [3.8, 4) is 16.9 Å². The van der Waals surface area contributed by atoms with Crippen LogP contribution in [0.1, 0.15) is 33.3 Å². The van der Waals surface area contributed by atoms with Crippen LogP contribution >= 0.6 is 0 Å². The Kier molecular flexibility index (Phi) is 7.72. The number of sulfonamides is 1. The maximum absolute atomic E-state index is 13.2. The van der Waals surface area contributed by atoms with Gasteiger partial charge in [0.1, 0.15) is 5.75 Å². The molecule has 1 N–H and O–H groups in total. The van der Waals surface area contributed by atoms with E-state index >= 15 is 0 Å². The lowest BCUT2D eigenvalue weighted by Crippen LogP contribution is -2.49. The molecule has 0 atom stereocenters. The smallest absolute Gasteiger partial charge is 0.285 e. The standard InChI is InChI=1S/C26H29N5O5S/c1-4-36-21-7-5-6-19(17-21)22-9-8-20(16-18(22)2)26(33)31-14-12-30(13-15-31)24-11-10-23(27-28-24)25(32)29-37(3,34)35/h5-11,16-17H,4,12-15H2,1-3H3,(H,29,32). The van der Waals surface area contributed by atoms with Crippen LogP contribution in [0.3, 0.4) is 0 Å². The number of hydrogen-bond acceptors (Lipinski definition) is 8. The fourth-order valence-electron chi connectivity index (χ4n) is 4.20. The van der Waals surface area contributed by atoms with Crippen LogP contribution in [0.2, 0.25) is 0 Å². The van der Waals surface area contributed by atoms with Crippen molar-refractivity contribution in [2.45, 2.75) is 13.8 Å². The Morgan fingerprint density at radius 1 is 1.00 bits per heavy atom. The van der Waals surface area contributed by atoms with E-state index in [1.54, 1.807) is 6.07 Å². The molecule has 0 unspecified atom stereocenters. The van der Waals surface area contributed by atoms with Crippen molar-refractivity contribution in [3.05, 3.63) is 71.4 Å². The summed E-state index contributed by atoms with van der Waals surface area (Å²) in [4.78, 5) is 28.9. The first-order valence-electron chi connectivity index (χ1n) is 11.9. The number of rotatable bonds is 7. The van der Waals surface area contributed by atoms with Gasteiger partial charge in [-0.2, -0.15) is 0 Å². The third-order valence-electron chi connectivity index (χ3n) is 5.98. The number of nitrogens with zero attached hydrogens (tertiary/aromatic N) is 4. The Morgan fingerprint density at radius 3 is 2.38 bits per heavy atom. The zero-order valence-corrected chi connectivity index (χ0v) is 21.8. The first-order chi connectivity index (χ1) is 17.6. The van der Waals surface area contributed by atoms with E-state index in [-0.39, 0.29) is 11.6 Å². The van der Waals surface area contributed by atoms with E-state index < -0.39 is 15.9 Å². The molecule has 10 nitrogen and oxygen atoms in total. The molecule has 194 valence electrons. The number of aryl methyl sites for hydroxylation is 1. The normalized spacial score (nSPS) is 13.8. The van der Waals surface area contributed by atoms with Gasteiger partial charge in [0.25, 0.3) is 11.8 Å². The predicted molar refractivity (Wildman–Crippen MR) is 140 cm³/mol. The maximum Gasteiger partial charge on any atom is 0.285 e. The fourth-order valence-corrected chi connectivity index (χ4v) is 4.64. The Labute approximate surface area is 216 Å². The molecule has 0 radical (unpaired) electrons. The predicted octanol–water partition coefficient (Wildman–Crippen LogP) is 2.50. The first kappa shape index (κ1) is 26.1. The zero-order valence-electron chi connectivity index (χ0n) is 21.0. The lowest BCUT2D eigenvalue weighted by Gasteiger charge is -2.35. The second kappa shape index (κ2) is 11.0. The summed E-state index contributed by atoms with van der Waals surface area (Å²) in [5.74, 6) is 0.503.